The Kier molecular flexibility index (Phi) is 11.6. The lowest BCUT2D eigenvalue weighted by molar-refractivity contribution is -0.192. The monoisotopic (exact) mass is 609 g/mol. The fourth-order valence-electron chi connectivity index (χ4n) is 4.31. The Labute approximate surface area is 239 Å². The van der Waals surface area contributed by atoms with Crippen LogP contribution in [-0.4, -0.2) is 78.3 Å². The van der Waals surface area contributed by atoms with Crippen molar-refractivity contribution in [1.82, 2.24) is 15.1 Å². The van der Waals surface area contributed by atoms with Gasteiger partial charge in [0.05, 0.1) is 15.1 Å². The van der Waals surface area contributed by atoms with E-state index in [9.17, 15) is 18.0 Å². The zero-order chi connectivity index (χ0) is 28.6. The van der Waals surface area contributed by atoms with Gasteiger partial charge in [-0.2, -0.15) is 13.2 Å². The fourth-order valence-corrected chi connectivity index (χ4v) is 4.86. The van der Waals surface area contributed by atoms with Crippen LogP contribution in [0.3, 0.4) is 0 Å². The van der Waals surface area contributed by atoms with Crippen LogP contribution in [0.4, 0.5) is 13.2 Å². The third kappa shape index (κ3) is 10.0. The van der Waals surface area contributed by atoms with Crippen LogP contribution in [0.1, 0.15) is 35.2 Å². The molecular formula is C26H29Cl3F3N3O4. The third-order valence-electron chi connectivity index (χ3n) is 6.30. The third-order valence-corrected chi connectivity index (χ3v) is 7.33. The predicted molar refractivity (Wildman–Crippen MR) is 144 cm³/mol. The number of likely N-dealkylation sites (tertiary alicyclic amines) is 2. The molecule has 2 saturated heterocycles. The molecule has 7 nitrogen and oxygen atoms in total. The molecule has 0 unspecified atom stereocenters. The van der Waals surface area contributed by atoms with E-state index in [-0.39, 0.29) is 11.9 Å². The number of rotatable bonds is 8. The molecule has 1 amide bonds. The molecular weight excluding hydrogens is 582 g/mol. The number of carboxylic acids is 1. The van der Waals surface area contributed by atoms with Crippen molar-refractivity contribution < 1.29 is 32.6 Å². The molecule has 2 fully saturated rings. The molecule has 0 aromatic heterocycles. The summed E-state index contributed by atoms with van der Waals surface area (Å²) >= 11 is 18.4. The van der Waals surface area contributed by atoms with E-state index in [0.717, 1.165) is 43.9 Å². The van der Waals surface area contributed by atoms with Gasteiger partial charge in [0.1, 0.15) is 12.4 Å². The van der Waals surface area contributed by atoms with E-state index in [2.05, 4.69) is 21.2 Å². The van der Waals surface area contributed by atoms with Gasteiger partial charge < -0.3 is 15.2 Å². The molecule has 39 heavy (non-hydrogen) atoms. The lowest BCUT2D eigenvalue weighted by Crippen LogP contribution is -2.37. The number of nitrogens with one attached hydrogen (secondary N) is 1. The van der Waals surface area contributed by atoms with Gasteiger partial charge in [0.2, 0.25) is 0 Å². The number of carbonyl (C=O) groups excluding carboxylic acids is 1. The van der Waals surface area contributed by atoms with E-state index in [0.29, 0.717) is 27.2 Å². The van der Waals surface area contributed by atoms with Gasteiger partial charge in [-0.15, -0.1) is 0 Å². The Hall–Kier alpha value is -2.24. The minimum Gasteiger partial charge on any atom is -0.491 e. The maximum absolute atomic E-state index is 12.5. The number of hydrogen-bond acceptors (Lipinski definition) is 5. The van der Waals surface area contributed by atoms with Crippen LogP contribution in [0.15, 0.2) is 36.4 Å². The van der Waals surface area contributed by atoms with Crippen molar-refractivity contribution in [2.75, 3.05) is 39.3 Å². The molecule has 2 aliphatic heterocycles. The van der Waals surface area contributed by atoms with Crippen molar-refractivity contribution in [3.05, 3.63) is 62.6 Å². The average molecular weight is 611 g/mol. The van der Waals surface area contributed by atoms with Crippen molar-refractivity contribution in [3.8, 4) is 5.75 Å². The number of carboxylic acid groups (broad SMARTS) is 1. The maximum Gasteiger partial charge on any atom is 0.490 e. The van der Waals surface area contributed by atoms with E-state index in [1.807, 2.05) is 12.1 Å². The summed E-state index contributed by atoms with van der Waals surface area (Å²) in [4.78, 5) is 26.2. The lowest BCUT2D eigenvalue weighted by Gasteiger charge is -2.18. The van der Waals surface area contributed by atoms with Crippen LogP contribution in [0.25, 0.3) is 0 Å². The Morgan fingerprint density at radius 1 is 0.974 bits per heavy atom. The van der Waals surface area contributed by atoms with E-state index in [1.165, 1.54) is 25.9 Å². The Bertz CT molecular complexity index is 1150. The van der Waals surface area contributed by atoms with Gasteiger partial charge >= 0.3 is 12.1 Å². The summed E-state index contributed by atoms with van der Waals surface area (Å²) in [6.07, 6.45) is -1.61. The van der Waals surface area contributed by atoms with Crippen LogP contribution in [0.2, 0.25) is 15.1 Å². The van der Waals surface area contributed by atoms with Gasteiger partial charge in [-0.25, -0.2) is 4.79 Å². The molecule has 1 atom stereocenters. The number of halogens is 6. The molecule has 4 rings (SSSR count). The molecule has 0 aliphatic carbocycles. The minimum atomic E-state index is -5.08. The first kappa shape index (κ1) is 31.3. The summed E-state index contributed by atoms with van der Waals surface area (Å²) in [5.41, 5.74) is 1.66. The van der Waals surface area contributed by atoms with E-state index in [1.54, 1.807) is 18.2 Å². The van der Waals surface area contributed by atoms with Crippen LogP contribution in [0.5, 0.6) is 5.75 Å². The highest BCUT2D eigenvalue weighted by molar-refractivity contribution is 6.42. The second kappa shape index (κ2) is 14.4. The Morgan fingerprint density at radius 2 is 1.67 bits per heavy atom. The molecule has 2 aromatic rings. The second-order valence-electron chi connectivity index (χ2n) is 9.29. The van der Waals surface area contributed by atoms with Gasteiger partial charge in [0.15, 0.2) is 0 Å². The first-order valence-electron chi connectivity index (χ1n) is 12.3. The van der Waals surface area contributed by atoms with Crippen molar-refractivity contribution in [2.24, 2.45) is 0 Å². The molecule has 0 saturated carbocycles. The fraction of sp³-hybridized carbons (Fsp3) is 0.462. The normalized spacial score (nSPS) is 17.9. The molecule has 0 bridgehead atoms. The zero-order valence-corrected chi connectivity index (χ0v) is 23.2. The van der Waals surface area contributed by atoms with Gasteiger partial charge in [0.25, 0.3) is 5.91 Å². The molecule has 2 heterocycles. The Balaban J connectivity index is 0.000000532. The summed E-state index contributed by atoms with van der Waals surface area (Å²) in [6.45, 7) is 6.43. The summed E-state index contributed by atoms with van der Waals surface area (Å²) in [6, 6.07) is 11.0. The number of benzene rings is 2. The number of aliphatic carboxylic acids is 1. The molecule has 214 valence electrons. The largest absolute Gasteiger partial charge is 0.491 e. The minimum absolute atomic E-state index is 0.0978. The van der Waals surface area contributed by atoms with Crippen molar-refractivity contribution in [2.45, 2.75) is 38.0 Å². The topological polar surface area (TPSA) is 82.1 Å². The van der Waals surface area contributed by atoms with Gasteiger partial charge in [-0.3, -0.25) is 14.6 Å². The highest BCUT2D eigenvalue weighted by Gasteiger charge is 2.38. The molecule has 2 aliphatic rings. The molecule has 0 radical (unpaired) electrons. The molecule has 0 spiro atoms. The van der Waals surface area contributed by atoms with E-state index in [4.69, 9.17) is 49.4 Å². The number of carbonyl (C=O) groups is 2. The number of alkyl halides is 3. The van der Waals surface area contributed by atoms with Gasteiger partial charge in [-0.1, -0.05) is 40.9 Å². The number of amides is 1. The molecule has 2 aromatic carbocycles. The maximum atomic E-state index is 12.5. The summed E-state index contributed by atoms with van der Waals surface area (Å²) in [5.74, 6) is -2.15. The molecule has 13 heteroatoms. The zero-order valence-electron chi connectivity index (χ0n) is 20.9. The lowest BCUT2D eigenvalue weighted by atomic mass is 10.2. The summed E-state index contributed by atoms with van der Waals surface area (Å²) in [5, 5.41) is 11.7. The first-order valence-corrected chi connectivity index (χ1v) is 13.5. The van der Waals surface area contributed by atoms with E-state index >= 15 is 0 Å². The van der Waals surface area contributed by atoms with Crippen LogP contribution in [0, 0.1) is 0 Å². The number of ether oxygens (including phenoxy) is 1. The van der Waals surface area contributed by atoms with Crippen LogP contribution < -0.4 is 10.1 Å². The summed E-state index contributed by atoms with van der Waals surface area (Å²) < 4.78 is 37.6. The molecule has 2 N–H and O–H groups in total. The predicted octanol–water partition coefficient (Wildman–Crippen LogP) is 5.76. The van der Waals surface area contributed by atoms with Crippen molar-refractivity contribution >= 4 is 46.7 Å². The summed E-state index contributed by atoms with van der Waals surface area (Å²) in [7, 11) is 0. The highest BCUT2D eigenvalue weighted by Crippen LogP contribution is 2.27. The average Bonchev–Trinajstić information content (AvgIpc) is 3.54. The number of hydrogen-bond donors (Lipinski definition) is 2. The van der Waals surface area contributed by atoms with Crippen molar-refractivity contribution in [1.29, 1.82) is 0 Å². The van der Waals surface area contributed by atoms with Crippen LogP contribution >= 0.6 is 34.8 Å². The van der Waals surface area contributed by atoms with Gasteiger partial charge in [-0.05, 0) is 68.2 Å². The van der Waals surface area contributed by atoms with Crippen LogP contribution in [-0.2, 0) is 11.3 Å². The quantitative estimate of drug-likeness (QED) is 0.396. The second-order valence-corrected chi connectivity index (χ2v) is 10.5. The Morgan fingerprint density at radius 3 is 2.28 bits per heavy atom. The van der Waals surface area contributed by atoms with Gasteiger partial charge in [0, 0.05) is 37.8 Å². The van der Waals surface area contributed by atoms with Crippen molar-refractivity contribution in [3.63, 3.8) is 0 Å². The SMILES string of the molecule is O=C(N[C@H]1CCN(Cc2ccc(OCCN3CCCC3)c(Cl)c2)C1)c1ccc(Cl)c(Cl)c1.O=C(O)C(F)(F)F. The standard InChI is InChI=1S/C24H28Cl3N3O2.C2HF3O2/c25-20-5-4-18(14-21(20)26)24(31)28-19-7-10-30(16-19)15-17-3-6-23(22(27)13-17)32-12-11-29-8-1-2-9-29;3-2(4,5)1(6)7/h3-6,13-14,19H,1-2,7-12,15-16H2,(H,28,31);(H,6,7)/t19-;/m0./s1. The van der Waals surface area contributed by atoms with E-state index < -0.39 is 12.1 Å². The number of nitrogens with zero attached hydrogens (tertiary/aromatic N) is 2. The smallest absolute Gasteiger partial charge is 0.490 e. The first-order chi connectivity index (χ1) is 18.4. The highest BCUT2D eigenvalue weighted by atomic mass is 35.5.